The largest absolute Gasteiger partial charge is 0.490 e. The third-order valence-electron chi connectivity index (χ3n) is 7.08. The van der Waals surface area contributed by atoms with E-state index in [2.05, 4.69) is 11.9 Å². The average molecular weight is 603 g/mol. The summed E-state index contributed by atoms with van der Waals surface area (Å²) in [5, 5.41) is 2.28. The van der Waals surface area contributed by atoms with Gasteiger partial charge in [0.25, 0.3) is 11.8 Å². The Morgan fingerprint density at radius 3 is 2.20 bits per heavy atom. The van der Waals surface area contributed by atoms with Crippen molar-refractivity contribution in [2.45, 2.75) is 33.5 Å². The van der Waals surface area contributed by atoms with Crippen molar-refractivity contribution in [1.82, 2.24) is 5.32 Å². The lowest BCUT2D eigenvalue weighted by molar-refractivity contribution is -0.122. The first-order chi connectivity index (χ1) is 21.9. The number of amides is 4. The van der Waals surface area contributed by atoms with Crippen LogP contribution in [0.1, 0.15) is 34.7 Å². The molecule has 5 rings (SSSR count). The van der Waals surface area contributed by atoms with Crippen molar-refractivity contribution in [3.63, 3.8) is 0 Å². The van der Waals surface area contributed by atoms with Crippen LogP contribution in [0.3, 0.4) is 0 Å². The van der Waals surface area contributed by atoms with Gasteiger partial charge in [-0.05, 0) is 79.4 Å². The number of urea groups is 1. The summed E-state index contributed by atoms with van der Waals surface area (Å²) in [5.41, 5.74) is 4.58. The average Bonchev–Trinajstić information content (AvgIpc) is 3.04. The molecule has 0 unspecified atom stereocenters. The molecule has 0 spiro atoms. The van der Waals surface area contributed by atoms with Crippen LogP contribution in [0.4, 0.5) is 10.5 Å². The lowest BCUT2D eigenvalue weighted by atomic mass is 10.0. The van der Waals surface area contributed by atoms with Gasteiger partial charge >= 0.3 is 6.03 Å². The summed E-state index contributed by atoms with van der Waals surface area (Å²) >= 11 is 0. The second-order valence-electron chi connectivity index (χ2n) is 10.4. The molecule has 1 aliphatic rings. The minimum atomic E-state index is -0.831. The number of ether oxygens (including phenoxy) is 3. The van der Waals surface area contributed by atoms with Gasteiger partial charge in [0.1, 0.15) is 24.5 Å². The molecule has 1 aliphatic heterocycles. The van der Waals surface area contributed by atoms with Gasteiger partial charge in [0.05, 0.1) is 12.3 Å². The Kier molecular flexibility index (Phi) is 9.74. The van der Waals surface area contributed by atoms with E-state index in [1.54, 1.807) is 36.4 Å². The number of rotatable bonds is 12. The van der Waals surface area contributed by atoms with Crippen molar-refractivity contribution < 1.29 is 28.6 Å². The molecule has 0 atom stereocenters. The van der Waals surface area contributed by atoms with E-state index < -0.39 is 17.8 Å². The highest BCUT2D eigenvalue weighted by Crippen LogP contribution is 2.36. The van der Waals surface area contributed by atoms with Crippen LogP contribution in [0.25, 0.3) is 6.08 Å². The fourth-order valence-corrected chi connectivity index (χ4v) is 4.83. The van der Waals surface area contributed by atoms with Crippen LogP contribution in [0, 0.1) is 6.92 Å². The van der Waals surface area contributed by atoms with Crippen molar-refractivity contribution in [2.75, 3.05) is 11.5 Å². The minimum Gasteiger partial charge on any atom is -0.490 e. The lowest BCUT2D eigenvalue weighted by Crippen LogP contribution is -2.54. The molecule has 0 radical (unpaired) electrons. The zero-order chi connectivity index (χ0) is 31.8. The number of benzene rings is 4. The first-order valence-corrected chi connectivity index (χ1v) is 14.6. The molecule has 4 aromatic carbocycles. The van der Waals surface area contributed by atoms with Crippen LogP contribution < -0.4 is 24.4 Å². The molecular weight excluding hydrogens is 568 g/mol. The highest BCUT2D eigenvalue weighted by Gasteiger charge is 2.37. The van der Waals surface area contributed by atoms with E-state index in [1.807, 2.05) is 74.5 Å². The third-order valence-corrected chi connectivity index (χ3v) is 7.08. The Morgan fingerprint density at radius 2 is 1.51 bits per heavy atom. The maximum absolute atomic E-state index is 13.6. The first-order valence-electron chi connectivity index (χ1n) is 14.6. The van der Waals surface area contributed by atoms with E-state index >= 15 is 0 Å². The molecule has 1 N–H and O–H groups in total. The predicted octanol–water partition coefficient (Wildman–Crippen LogP) is 6.95. The molecular formula is C37H34N2O6. The molecule has 4 aromatic rings. The number of nitrogens with one attached hydrogen (secondary N) is 1. The van der Waals surface area contributed by atoms with E-state index in [-0.39, 0.29) is 5.57 Å². The summed E-state index contributed by atoms with van der Waals surface area (Å²) in [4.78, 5) is 40.2. The van der Waals surface area contributed by atoms with Crippen LogP contribution in [0.15, 0.2) is 109 Å². The molecule has 228 valence electrons. The zero-order valence-corrected chi connectivity index (χ0v) is 25.2. The molecule has 0 saturated carbocycles. The van der Waals surface area contributed by atoms with Gasteiger partial charge < -0.3 is 14.2 Å². The first kappa shape index (κ1) is 30.8. The fourth-order valence-electron chi connectivity index (χ4n) is 4.83. The van der Waals surface area contributed by atoms with Gasteiger partial charge in [-0.25, -0.2) is 9.69 Å². The Labute approximate surface area is 262 Å². The van der Waals surface area contributed by atoms with Crippen LogP contribution in [0.2, 0.25) is 0 Å². The number of hydrogen-bond acceptors (Lipinski definition) is 6. The van der Waals surface area contributed by atoms with E-state index in [0.29, 0.717) is 54.7 Å². The number of carbonyl (C=O) groups excluding carboxylic acids is 3. The van der Waals surface area contributed by atoms with Crippen LogP contribution in [0.5, 0.6) is 17.2 Å². The number of anilines is 1. The Morgan fingerprint density at radius 1 is 0.822 bits per heavy atom. The number of imide groups is 2. The quantitative estimate of drug-likeness (QED) is 0.107. The van der Waals surface area contributed by atoms with Gasteiger partial charge in [0, 0.05) is 5.56 Å². The molecule has 0 bridgehead atoms. The van der Waals surface area contributed by atoms with Gasteiger partial charge in [0.2, 0.25) is 0 Å². The maximum atomic E-state index is 13.6. The number of hydrogen-bond donors (Lipinski definition) is 1. The van der Waals surface area contributed by atoms with Crippen LogP contribution in [-0.4, -0.2) is 24.5 Å². The van der Waals surface area contributed by atoms with Gasteiger partial charge in [-0.1, -0.05) is 66.2 Å². The molecule has 1 saturated heterocycles. The number of aryl methyl sites for hydroxylation is 1. The fraction of sp³-hybridized carbons (Fsp3) is 0.162. The summed E-state index contributed by atoms with van der Waals surface area (Å²) in [7, 11) is 0. The highest BCUT2D eigenvalue weighted by atomic mass is 16.5. The number of barbiturate groups is 1. The molecule has 0 aliphatic carbocycles. The monoisotopic (exact) mass is 602 g/mol. The van der Waals surface area contributed by atoms with Gasteiger partial charge in [-0.3, -0.25) is 14.9 Å². The summed E-state index contributed by atoms with van der Waals surface area (Å²) in [6, 6.07) is 27.0. The second-order valence-corrected chi connectivity index (χ2v) is 10.4. The van der Waals surface area contributed by atoms with Crippen molar-refractivity contribution in [1.29, 1.82) is 0 Å². The molecule has 45 heavy (non-hydrogen) atoms. The predicted molar refractivity (Wildman–Crippen MR) is 173 cm³/mol. The second kappa shape index (κ2) is 14.2. The zero-order valence-electron chi connectivity index (χ0n) is 25.2. The van der Waals surface area contributed by atoms with E-state index in [1.165, 1.54) is 6.08 Å². The lowest BCUT2D eigenvalue weighted by Gasteiger charge is -2.26. The van der Waals surface area contributed by atoms with E-state index in [9.17, 15) is 14.4 Å². The molecule has 1 fully saturated rings. The standard InChI is InChI=1S/C37H34N2O6/c1-4-9-29-20-28(22-33(43-5-2)34(29)45-24-27-14-12-25(3)13-15-27)21-32-35(40)38-37(42)39(36(32)41)30-16-18-31(19-17-30)44-23-26-10-7-6-8-11-26/h4,6-8,10-22H,1,5,9,23-24H2,2-3H3,(H,38,40,42)/b32-21+. The smallest absolute Gasteiger partial charge is 0.335 e. The Bertz CT molecular complexity index is 1730. The summed E-state index contributed by atoms with van der Waals surface area (Å²) in [6.45, 7) is 8.84. The highest BCUT2D eigenvalue weighted by molar-refractivity contribution is 6.39. The molecule has 8 nitrogen and oxygen atoms in total. The summed E-state index contributed by atoms with van der Waals surface area (Å²) in [6.07, 6.45) is 3.66. The van der Waals surface area contributed by atoms with Crippen molar-refractivity contribution >= 4 is 29.6 Å². The summed E-state index contributed by atoms with van der Waals surface area (Å²) < 4.78 is 18.0. The number of nitrogens with zero attached hydrogens (tertiary/aromatic N) is 1. The molecule has 8 heteroatoms. The normalized spacial score (nSPS) is 13.9. The number of allylic oxidation sites excluding steroid dienone is 1. The molecule has 1 heterocycles. The topological polar surface area (TPSA) is 94.2 Å². The molecule has 4 amide bonds. The SMILES string of the molecule is C=CCc1cc(/C=C2\C(=O)NC(=O)N(c3ccc(OCc4ccccc4)cc3)C2=O)cc(OCC)c1OCc1ccc(C)cc1. The Hall–Kier alpha value is -5.63. The van der Waals surface area contributed by atoms with Crippen molar-refractivity contribution in [2.24, 2.45) is 0 Å². The van der Waals surface area contributed by atoms with E-state index in [0.717, 1.165) is 27.2 Å². The van der Waals surface area contributed by atoms with Gasteiger partial charge in [-0.15, -0.1) is 6.58 Å². The summed E-state index contributed by atoms with van der Waals surface area (Å²) in [5.74, 6) is 0.0719. The maximum Gasteiger partial charge on any atom is 0.335 e. The van der Waals surface area contributed by atoms with Crippen LogP contribution >= 0.6 is 0 Å². The third kappa shape index (κ3) is 7.48. The number of carbonyl (C=O) groups is 3. The van der Waals surface area contributed by atoms with Crippen molar-refractivity contribution in [3.05, 3.63) is 137 Å². The Balaban J connectivity index is 1.40. The minimum absolute atomic E-state index is 0.195. The molecule has 0 aromatic heterocycles. The van der Waals surface area contributed by atoms with Gasteiger partial charge in [-0.2, -0.15) is 0 Å². The van der Waals surface area contributed by atoms with Gasteiger partial charge in [0.15, 0.2) is 11.5 Å². The van der Waals surface area contributed by atoms with Crippen LogP contribution in [-0.2, 0) is 29.2 Å². The van der Waals surface area contributed by atoms with Crippen molar-refractivity contribution in [3.8, 4) is 17.2 Å². The van der Waals surface area contributed by atoms with E-state index in [4.69, 9.17) is 14.2 Å².